The fraction of sp³-hybridized carbons (Fsp3) is 0.625. The van der Waals surface area contributed by atoms with Crippen molar-refractivity contribution in [2.75, 3.05) is 26.3 Å². The van der Waals surface area contributed by atoms with E-state index in [0.717, 1.165) is 56.1 Å². The van der Waals surface area contributed by atoms with E-state index in [1.165, 1.54) is 18.4 Å². The van der Waals surface area contributed by atoms with E-state index in [1.807, 2.05) is 6.20 Å². The zero-order valence-electron chi connectivity index (χ0n) is 12.3. The molecule has 2 N–H and O–H groups in total. The highest BCUT2D eigenvalue weighted by Crippen LogP contribution is 2.31. The van der Waals surface area contributed by atoms with Crippen LogP contribution in [0.15, 0.2) is 12.3 Å². The molecule has 2 saturated heterocycles. The van der Waals surface area contributed by atoms with Gasteiger partial charge in [-0.05, 0) is 56.3 Å². The summed E-state index contributed by atoms with van der Waals surface area (Å²) in [6.07, 6.45) is 6.57. The van der Waals surface area contributed by atoms with Gasteiger partial charge in [0, 0.05) is 18.7 Å². The zero-order chi connectivity index (χ0) is 14.1. The number of H-pyrrole nitrogens is 1. The number of aromatic amines is 1. The van der Waals surface area contributed by atoms with Crippen LogP contribution in [-0.4, -0.2) is 41.3 Å². The van der Waals surface area contributed by atoms with Crippen LogP contribution in [0.3, 0.4) is 0 Å². The van der Waals surface area contributed by atoms with Crippen molar-refractivity contribution in [3.63, 3.8) is 0 Å². The molecular formula is C16H22N4O. The molecule has 0 aromatic carbocycles. The second-order valence-corrected chi connectivity index (χ2v) is 6.16. The van der Waals surface area contributed by atoms with Crippen molar-refractivity contribution in [2.24, 2.45) is 0 Å². The van der Waals surface area contributed by atoms with Gasteiger partial charge in [0.05, 0.1) is 12.1 Å². The third kappa shape index (κ3) is 2.56. The van der Waals surface area contributed by atoms with Gasteiger partial charge < -0.3 is 15.0 Å². The van der Waals surface area contributed by atoms with Crippen LogP contribution in [0.4, 0.5) is 0 Å². The Labute approximate surface area is 124 Å². The average molecular weight is 286 g/mol. The van der Waals surface area contributed by atoms with Gasteiger partial charge in [-0.25, -0.2) is 9.97 Å². The Hall–Kier alpha value is -1.46. The molecule has 4 rings (SSSR count). The lowest BCUT2D eigenvalue weighted by atomic mass is 9.90. The molecule has 0 spiro atoms. The van der Waals surface area contributed by atoms with Crippen LogP contribution in [-0.2, 0) is 4.74 Å². The van der Waals surface area contributed by atoms with E-state index in [4.69, 9.17) is 9.72 Å². The molecule has 0 saturated carbocycles. The highest BCUT2D eigenvalue weighted by molar-refractivity contribution is 5.75. The summed E-state index contributed by atoms with van der Waals surface area (Å²) in [7, 11) is 0. The normalized spacial score (nSPS) is 24.5. The van der Waals surface area contributed by atoms with Gasteiger partial charge in [0.25, 0.3) is 0 Å². The zero-order valence-corrected chi connectivity index (χ0v) is 12.3. The lowest BCUT2D eigenvalue weighted by Gasteiger charge is -2.23. The summed E-state index contributed by atoms with van der Waals surface area (Å²) in [4.78, 5) is 12.7. The van der Waals surface area contributed by atoms with E-state index in [2.05, 4.69) is 21.4 Å². The number of rotatable bonds is 2. The summed E-state index contributed by atoms with van der Waals surface area (Å²) in [5, 5.41) is 3.43. The summed E-state index contributed by atoms with van der Waals surface area (Å²) >= 11 is 0. The third-order valence-corrected chi connectivity index (χ3v) is 4.77. The maximum absolute atomic E-state index is 5.59. The van der Waals surface area contributed by atoms with Gasteiger partial charge in [0.1, 0.15) is 5.82 Å². The summed E-state index contributed by atoms with van der Waals surface area (Å²) in [6.45, 7) is 3.87. The number of pyridine rings is 1. The Morgan fingerprint density at radius 2 is 2.05 bits per heavy atom. The van der Waals surface area contributed by atoms with Gasteiger partial charge in [-0.1, -0.05) is 0 Å². The molecule has 0 amide bonds. The molecule has 0 radical (unpaired) electrons. The molecule has 1 unspecified atom stereocenters. The number of imidazole rings is 1. The lowest BCUT2D eigenvalue weighted by Crippen LogP contribution is -2.26. The minimum atomic E-state index is 0.397. The fourth-order valence-corrected chi connectivity index (χ4v) is 3.57. The minimum Gasteiger partial charge on any atom is -0.381 e. The SMILES string of the molecule is c1cc(C2CCNCC2)c2[nH]c(C3CCCOC3)nc2n1. The number of nitrogens with one attached hydrogen (secondary N) is 2. The van der Waals surface area contributed by atoms with Crippen molar-refractivity contribution in [1.29, 1.82) is 0 Å². The first-order valence-corrected chi connectivity index (χ1v) is 8.05. The van der Waals surface area contributed by atoms with Crippen LogP contribution in [0.1, 0.15) is 48.9 Å². The van der Waals surface area contributed by atoms with Crippen molar-refractivity contribution in [3.8, 4) is 0 Å². The molecule has 2 aromatic rings. The standard InChI is InChI=1S/C16H22N4O/c1-2-12(10-21-9-1)15-19-14-13(5-8-18-16(14)20-15)11-3-6-17-7-4-11/h5,8,11-12,17H,1-4,6-7,9-10H2,(H,18,19,20). The van der Waals surface area contributed by atoms with E-state index in [0.29, 0.717) is 11.8 Å². The number of piperidine rings is 1. The molecule has 2 fully saturated rings. The summed E-state index contributed by atoms with van der Waals surface area (Å²) in [5.74, 6) is 2.07. The third-order valence-electron chi connectivity index (χ3n) is 4.77. The lowest BCUT2D eigenvalue weighted by molar-refractivity contribution is 0.0784. The number of hydrogen-bond acceptors (Lipinski definition) is 4. The number of hydrogen-bond donors (Lipinski definition) is 2. The molecule has 112 valence electrons. The van der Waals surface area contributed by atoms with Crippen LogP contribution in [0.5, 0.6) is 0 Å². The molecule has 0 aliphatic carbocycles. The maximum Gasteiger partial charge on any atom is 0.177 e. The van der Waals surface area contributed by atoms with Crippen molar-refractivity contribution in [3.05, 3.63) is 23.7 Å². The van der Waals surface area contributed by atoms with Crippen molar-refractivity contribution in [1.82, 2.24) is 20.3 Å². The summed E-state index contributed by atoms with van der Waals surface area (Å²) in [6, 6.07) is 2.16. The monoisotopic (exact) mass is 286 g/mol. The molecule has 5 nitrogen and oxygen atoms in total. The second-order valence-electron chi connectivity index (χ2n) is 6.16. The molecule has 21 heavy (non-hydrogen) atoms. The first-order valence-electron chi connectivity index (χ1n) is 8.05. The Balaban J connectivity index is 1.69. The van der Waals surface area contributed by atoms with E-state index in [9.17, 15) is 0 Å². The van der Waals surface area contributed by atoms with Gasteiger partial charge in [-0.3, -0.25) is 0 Å². The predicted octanol–water partition coefficient (Wildman–Crippen LogP) is 2.32. The molecular weight excluding hydrogens is 264 g/mol. The van der Waals surface area contributed by atoms with Crippen molar-refractivity contribution in [2.45, 2.75) is 37.5 Å². The smallest absolute Gasteiger partial charge is 0.177 e. The number of aromatic nitrogens is 3. The number of nitrogens with zero attached hydrogens (tertiary/aromatic N) is 2. The second kappa shape index (κ2) is 5.73. The number of fused-ring (bicyclic) bond motifs is 1. The van der Waals surface area contributed by atoms with Gasteiger partial charge in [-0.15, -0.1) is 0 Å². The van der Waals surface area contributed by atoms with Crippen LogP contribution < -0.4 is 5.32 Å². The summed E-state index contributed by atoms with van der Waals surface area (Å²) in [5.41, 5.74) is 3.40. The molecule has 4 heterocycles. The fourth-order valence-electron chi connectivity index (χ4n) is 3.57. The van der Waals surface area contributed by atoms with Crippen LogP contribution >= 0.6 is 0 Å². The topological polar surface area (TPSA) is 62.8 Å². The Morgan fingerprint density at radius 1 is 1.14 bits per heavy atom. The van der Waals surface area contributed by atoms with Crippen LogP contribution in [0.2, 0.25) is 0 Å². The van der Waals surface area contributed by atoms with Gasteiger partial charge >= 0.3 is 0 Å². The van der Waals surface area contributed by atoms with Crippen molar-refractivity contribution < 1.29 is 4.74 Å². The largest absolute Gasteiger partial charge is 0.381 e. The van der Waals surface area contributed by atoms with Crippen LogP contribution in [0.25, 0.3) is 11.2 Å². The van der Waals surface area contributed by atoms with Crippen LogP contribution in [0, 0.1) is 0 Å². The first kappa shape index (κ1) is 13.2. The Kier molecular flexibility index (Phi) is 3.61. The Morgan fingerprint density at radius 3 is 2.86 bits per heavy atom. The molecule has 5 heteroatoms. The molecule has 2 aromatic heterocycles. The van der Waals surface area contributed by atoms with Crippen molar-refractivity contribution >= 4 is 11.2 Å². The van der Waals surface area contributed by atoms with Gasteiger partial charge in [0.15, 0.2) is 5.65 Å². The molecule has 2 aliphatic rings. The van der Waals surface area contributed by atoms with E-state index in [-0.39, 0.29) is 0 Å². The molecule has 0 bridgehead atoms. The van der Waals surface area contributed by atoms with E-state index >= 15 is 0 Å². The maximum atomic E-state index is 5.59. The van der Waals surface area contributed by atoms with E-state index in [1.54, 1.807) is 0 Å². The molecule has 2 aliphatic heterocycles. The summed E-state index contributed by atoms with van der Waals surface area (Å²) < 4.78 is 5.59. The highest BCUT2D eigenvalue weighted by Gasteiger charge is 2.23. The average Bonchev–Trinajstić information content (AvgIpc) is 3.00. The first-order chi connectivity index (χ1) is 10.4. The van der Waals surface area contributed by atoms with Gasteiger partial charge in [0.2, 0.25) is 0 Å². The number of ether oxygens (including phenoxy) is 1. The van der Waals surface area contributed by atoms with Gasteiger partial charge in [-0.2, -0.15) is 0 Å². The van der Waals surface area contributed by atoms with E-state index < -0.39 is 0 Å². The predicted molar refractivity (Wildman–Crippen MR) is 81.5 cm³/mol. The molecule has 1 atom stereocenters. The highest BCUT2D eigenvalue weighted by atomic mass is 16.5. The quantitative estimate of drug-likeness (QED) is 0.889. The minimum absolute atomic E-state index is 0.397. The Bertz CT molecular complexity index is 612.